The molecule has 0 bridgehead atoms. The minimum Gasteiger partial charge on any atom is -0.303 e. The fraction of sp³-hybridized carbons (Fsp3) is 0.650. The molecule has 0 atom stereocenters. The van der Waals surface area contributed by atoms with Gasteiger partial charge in [-0.1, -0.05) is 31.4 Å². The lowest BCUT2D eigenvalue weighted by Crippen LogP contribution is -2.40. The van der Waals surface area contributed by atoms with E-state index in [-0.39, 0.29) is 5.69 Å². The van der Waals surface area contributed by atoms with Gasteiger partial charge in [-0.3, -0.25) is 9.13 Å². The number of aromatic nitrogens is 2. The molecule has 2 aromatic rings. The number of hydrogen-bond donors (Lipinski definition) is 0. The zero-order valence-corrected chi connectivity index (χ0v) is 14.8. The van der Waals surface area contributed by atoms with Crippen LogP contribution in [0.1, 0.15) is 51.0 Å². The maximum atomic E-state index is 12.7. The molecule has 130 valence electrons. The largest absolute Gasteiger partial charge is 0.329 e. The minimum absolute atomic E-state index is 0.141. The SMILES string of the molecule is Cn1c(=O)n(C2CCN(CC3CCCCC3)CC2)c2ccccc21. The van der Waals surface area contributed by atoms with E-state index in [2.05, 4.69) is 11.0 Å². The Morgan fingerprint density at radius 1 is 0.958 bits per heavy atom. The summed E-state index contributed by atoms with van der Waals surface area (Å²) in [5.41, 5.74) is 2.28. The van der Waals surface area contributed by atoms with Gasteiger partial charge in [0.1, 0.15) is 0 Å². The van der Waals surface area contributed by atoms with Gasteiger partial charge in [0.25, 0.3) is 0 Å². The van der Waals surface area contributed by atoms with Crippen molar-refractivity contribution in [1.29, 1.82) is 0 Å². The summed E-state index contributed by atoms with van der Waals surface area (Å²) in [6.07, 6.45) is 9.31. The Balaban J connectivity index is 1.46. The van der Waals surface area contributed by atoms with E-state index >= 15 is 0 Å². The first-order valence-electron chi connectivity index (χ1n) is 9.62. The van der Waals surface area contributed by atoms with Crippen LogP contribution in [0.15, 0.2) is 29.1 Å². The van der Waals surface area contributed by atoms with E-state index in [9.17, 15) is 4.79 Å². The smallest absolute Gasteiger partial charge is 0.303 e. The van der Waals surface area contributed by atoms with Gasteiger partial charge >= 0.3 is 5.69 Å². The molecule has 0 radical (unpaired) electrons. The van der Waals surface area contributed by atoms with Crippen LogP contribution in [-0.2, 0) is 7.05 Å². The molecule has 2 heterocycles. The molecule has 1 aliphatic heterocycles. The van der Waals surface area contributed by atoms with Crippen molar-refractivity contribution < 1.29 is 0 Å². The third kappa shape index (κ3) is 2.92. The monoisotopic (exact) mass is 327 g/mol. The van der Waals surface area contributed by atoms with Crippen molar-refractivity contribution in [1.82, 2.24) is 14.0 Å². The Kier molecular flexibility index (Phi) is 4.49. The Bertz CT molecular complexity index is 746. The van der Waals surface area contributed by atoms with Crippen molar-refractivity contribution in [2.45, 2.75) is 51.0 Å². The number of fused-ring (bicyclic) bond motifs is 1. The second-order valence-corrected chi connectivity index (χ2v) is 7.74. The van der Waals surface area contributed by atoms with E-state index in [1.165, 1.54) is 38.6 Å². The summed E-state index contributed by atoms with van der Waals surface area (Å²) in [6.45, 7) is 3.55. The summed E-state index contributed by atoms with van der Waals surface area (Å²) >= 11 is 0. The molecule has 1 saturated carbocycles. The highest BCUT2D eigenvalue weighted by molar-refractivity contribution is 5.76. The number of rotatable bonds is 3. The zero-order chi connectivity index (χ0) is 16.5. The van der Waals surface area contributed by atoms with Crippen molar-refractivity contribution in [3.8, 4) is 0 Å². The lowest BCUT2D eigenvalue weighted by molar-refractivity contribution is 0.148. The lowest BCUT2D eigenvalue weighted by atomic mass is 9.88. The molecule has 1 saturated heterocycles. The number of benzene rings is 1. The van der Waals surface area contributed by atoms with Gasteiger partial charge in [-0.25, -0.2) is 4.79 Å². The van der Waals surface area contributed by atoms with Crippen molar-refractivity contribution in [3.63, 3.8) is 0 Å². The normalized spacial score (nSPS) is 21.5. The average molecular weight is 327 g/mol. The highest BCUT2D eigenvalue weighted by Gasteiger charge is 2.26. The van der Waals surface area contributed by atoms with Gasteiger partial charge in [-0.05, 0) is 43.7 Å². The Labute approximate surface area is 144 Å². The molecule has 4 heteroatoms. The Morgan fingerprint density at radius 3 is 2.33 bits per heavy atom. The van der Waals surface area contributed by atoms with Gasteiger partial charge in [-0.2, -0.15) is 0 Å². The predicted octanol–water partition coefficient (Wildman–Crippen LogP) is 3.56. The third-order valence-corrected chi connectivity index (χ3v) is 6.16. The molecule has 4 rings (SSSR count). The Morgan fingerprint density at radius 2 is 1.62 bits per heavy atom. The van der Waals surface area contributed by atoms with E-state index in [0.29, 0.717) is 6.04 Å². The van der Waals surface area contributed by atoms with Gasteiger partial charge in [0, 0.05) is 32.7 Å². The highest BCUT2D eigenvalue weighted by Crippen LogP contribution is 2.29. The molecule has 0 amide bonds. The number of para-hydroxylation sites is 2. The number of hydrogen-bond acceptors (Lipinski definition) is 2. The minimum atomic E-state index is 0.141. The van der Waals surface area contributed by atoms with Crippen molar-refractivity contribution in [2.24, 2.45) is 13.0 Å². The average Bonchev–Trinajstić information content (AvgIpc) is 2.88. The predicted molar refractivity (Wildman–Crippen MR) is 98.5 cm³/mol. The van der Waals surface area contributed by atoms with Crippen molar-refractivity contribution in [3.05, 3.63) is 34.7 Å². The van der Waals surface area contributed by atoms with Gasteiger partial charge in [-0.15, -0.1) is 0 Å². The number of aryl methyl sites for hydroxylation is 1. The van der Waals surface area contributed by atoms with Crippen LogP contribution in [0.3, 0.4) is 0 Å². The van der Waals surface area contributed by atoms with Crippen LogP contribution in [0.2, 0.25) is 0 Å². The first-order valence-corrected chi connectivity index (χ1v) is 9.62. The molecule has 1 aliphatic carbocycles. The molecular weight excluding hydrogens is 298 g/mol. The number of likely N-dealkylation sites (tertiary alicyclic amines) is 1. The number of nitrogens with zero attached hydrogens (tertiary/aromatic N) is 3. The molecule has 2 fully saturated rings. The van der Waals surface area contributed by atoms with E-state index < -0.39 is 0 Å². The lowest BCUT2D eigenvalue weighted by Gasteiger charge is -2.35. The quantitative estimate of drug-likeness (QED) is 0.863. The van der Waals surface area contributed by atoms with E-state index in [1.54, 1.807) is 4.57 Å². The fourth-order valence-electron chi connectivity index (χ4n) is 4.77. The van der Waals surface area contributed by atoms with Crippen LogP contribution in [0.4, 0.5) is 0 Å². The second kappa shape index (κ2) is 6.75. The van der Waals surface area contributed by atoms with Crippen molar-refractivity contribution >= 4 is 11.0 Å². The number of piperidine rings is 1. The molecule has 1 aromatic carbocycles. The third-order valence-electron chi connectivity index (χ3n) is 6.16. The van der Waals surface area contributed by atoms with Gasteiger partial charge in [0.2, 0.25) is 0 Å². The molecule has 2 aliphatic rings. The Hall–Kier alpha value is -1.55. The van der Waals surface area contributed by atoms with Gasteiger partial charge < -0.3 is 4.90 Å². The summed E-state index contributed by atoms with van der Waals surface area (Å²) in [5.74, 6) is 0.913. The molecule has 0 spiro atoms. The molecule has 0 N–H and O–H groups in total. The summed E-state index contributed by atoms with van der Waals surface area (Å²) < 4.78 is 3.84. The topological polar surface area (TPSA) is 30.2 Å². The molecule has 0 unspecified atom stereocenters. The summed E-state index contributed by atoms with van der Waals surface area (Å²) in [6, 6.07) is 8.54. The highest BCUT2D eigenvalue weighted by atomic mass is 16.1. The van der Waals surface area contributed by atoms with Crippen LogP contribution in [0, 0.1) is 5.92 Å². The molecule has 24 heavy (non-hydrogen) atoms. The second-order valence-electron chi connectivity index (χ2n) is 7.74. The molecular formula is C20H29N3O. The standard InChI is InChI=1S/C20H29N3O/c1-21-18-9-5-6-10-19(18)23(20(21)24)17-11-13-22(14-12-17)15-16-7-3-2-4-8-16/h5-6,9-10,16-17H,2-4,7-8,11-15H2,1H3. The maximum Gasteiger partial charge on any atom is 0.329 e. The van der Waals surface area contributed by atoms with Crippen LogP contribution in [0.25, 0.3) is 11.0 Å². The van der Waals surface area contributed by atoms with Crippen LogP contribution < -0.4 is 5.69 Å². The summed E-state index contributed by atoms with van der Waals surface area (Å²) in [5, 5.41) is 0. The fourth-order valence-corrected chi connectivity index (χ4v) is 4.77. The van der Waals surface area contributed by atoms with Crippen LogP contribution in [0.5, 0.6) is 0 Å². The van der Waals surface area contributed by atoms with Crippen molar-refractivity contribution in [2.75, 3.05) is 19.6 Å². The first-order chi connectivity index (χ1) is 11.7. The van der Waals surface area contributed by atoms with E-state index in [1.807, 2.05) is 29.8 Å². The maximum absolute atomic E-state index is 12.7. The summed E-state index contributed by atoms with van der Waals surface area (Å²) in [4.78, 5) is 15.3. The zero-order valence-electron chi connectivity index (χ0n) is 14.8. The molecule has 1 aromatic heterocycles. The van der Waals surface area contributed by atoms with Gasteiger partial charge in [0.05, 0.1) is 11.0 Å². The van der Waals surface area contributed by atoms with Crippen LogP contribution in [-0.4, -0.2) is 33.7 Å². The first kappa shape index (κ1) is 15.9. The molecule has 4 nitrogen and oxygen atoms in total. The number of imidazole rings is 1. The van der Waals surface area contributed by atoms with E-state index in [0.717, 1.165) is 42.9 Å². The van der Waals surface area contributed by atoms with E-state index in [4.69, 9.17) is 0 Å². The van der Waals surface area contributed by atoms with Crippen LogP contribution >= 0.6 is 0 Å². The summed E-state index contributed by atoms with van der Waals surface area (Å²) in [7, 11) is 1.89. The van der Waals surface area contributed by atoms with Gasteiger partial charge in [0.15, 0.2) is 0 Å².